The van der Waals surface area contributed by atoms with E-state index in [0.717, 1.165) is 42.6 Å². The van der Waals surface area contributed by atoms with E-state index < -0.39 is 0 Å². The lowest BCUT2D eigenvalue weighted by atomic mass is 10.0. The van der Waals surface area contributed by atoms with Gasteiger partial charge >= 0.3 is 0 Å². The molecular formula is C21H26N6O2S2. The fourth-order valence-corrected chi connectivity index (χ4v) is 4.74. The molecule has 4 rings (SSSR count). The number of aromatic amines is 1. The van der Waals surface area contributed by atoms with E-state index in [2.05, 4.69) is 32.3 Å². The molecular weight excluding hydrogens is 432 g/mol. The van der Waals surface area contributed by atoms with E-state index in [1.165, 1.54) is 24.2 Å². The van der Waals surface area contributed by atoms with Crippen molar-refractivity contribution in [1.29, 1.82) is 0 Å². The van der Waals surface area contributed by atoms with Gasteiger partial charge in [-0.3, -0.25) is 19.4 Å². The van der Waals surface area contributed by atoms with Crippen molar-refractivity contribution in [3.05, 3.63) is 40.1 Å². The van der Waals surface area contributed by atoms with Crippen molar-refractivity contribution in [3.63, 3.8) is 0 Å². The Balaban J connectivity index is 1.40. The normalized spacial score (nSPS) is 16.9. The molecule has 1 aliphatic rings. The minimum absolute atomic E-state index is 0.0508. The first-order valence-electron chi connectivity index (χ1n) is 10.3. The van der Waals surface area contributed by atoms with E-state index in [1.54, 1.807) is 11.7 Å². The highest BCUT2D eigenvalue weighted by Gasteiger charge is 2.18. The van der Waals surface area contributed by atoms with E-state index in [0.29, 0.717) is 15.7 Å². The summed E-state index contributed by atoms with van der Waals surface area (Å²) in [6.45, 7) is 5.38. The Morgan fingerprint density at radius 1 is 1.39 bits per heavy atom. The molecule has 0 spiro atoms. The molecule has 10 heteroatoms. The van der Waals surface area contributed by atoms with Crippen LogP contribution < -0.4 is 10.1 Å². The van der Waals surface area contributed by atoms with Crippen LogP contribution in [0.2, 0.25) is 0 Å². The van der Waals surface area contributed by atoms with Crippen molar-refractivity contribution in [2.75, 3.05) is 25.5 Å². The number of benzene rings is 1. The predicted molar refractivity (Wildman–Crippen MR) is 124 cm³/mol. The molecule has 8 nitrogen and oxygen atoms in total. The molecule has 1 amide bonds. The molecule has 1 atom stereocenters. The average molecular weight is 459 g/mol. The second-order valence-electron chi connectivity index (χ2n) is 7.84. The van der Waals surface area contributed by atoms with Gasteiger partial charge in [0.2, 0.25) is 5.91 Å². The van der Waals surface area contributed by atoms with Gasteiger partial charge in [0.25, 0.3) is 0 Å². The summed E-state index contributed by atoms with van der Waals surface area (Å²) in [4.78, 5) is 19.7. The van der Waals surface area contributed by atoms with Crippen molar-refractivity contribution in [3.8, 4) is 17.1 Å². The lowest BCUT2D eigenvalue weighted by Gasteiger charge is -2.30. The first kappa shape index (κ1) is 21.7. The second-order valence-corrected chi connectivity index (χ2v) is 9.09. The number of hydrogen-bond donors (Lipinski definition) is 2. The van der Waals surface area contributed by atoms with Gasteiger partial charge in [0, 0.05) is 24.0 Å². The molecule has 164 valence electrons. The summed E-state index contributed by atoms with van der Waals surface area (Å²) >= 11 is 6.78. The summed E-state index contributed by atoms with van der Waals surface area (Å²) < 4.78 is 7.26. The maximum Gasteiger partial charge on any atom is 0.246 e. The van der Waals surface area contributed by atoms with Crippen LogP contribution in [0.1, 0.15) is 25.5 Å². The topological polar surface area (TPSA) is 88.1 Å². The van der Waals surface area contributed by atoms with Gasteiger partial charge in [0.05, 0.1) is 12.8 Å². The summed E-state index contributed by atoms with van der Waals surface area (Å²) in [6, 6.07) is 7.45. The number of thiazole rings is 1. The molecule has 1 saturated heterocycles. The van der Waals surface area contributed by atoms with E-state index in [4.69, 9.17) is 17.0 Å². The third kappa shape index (κ3) is 5.38. The van der Waals surface area contributed by atoms with Gasteiger partial charge in [-0.2, -0.15) is 5.10 Å². The fraction of sp³-hybridized carbons (Fsp3) is 0.429. The molecule has 0 radical (unpaired) electrons. The Bertz CT molecular complexity index is 1090. The van der Waals surface area contributed by atoms with Gasteiger partial charge in [-0.1, -0.05) is 6.92 Å². The number of H-pyrrole nitrogens is 1. The number of carbonyl (C=O) groups excluding carboxylic acids is 1. The molecule has 1 aliphatic heterocycles. The molecule has 0 aliphatic carbocycles. The number of rotatable bonds is 7. The smallest absolute Gasteiger partial charge is 0.246 e. The van der Waals surface area contributed by atoms with Gasteiger partial charge in [0.15, 0.2) is 15.7 Å². The van der Waals surface area contributed by atoms with Gasteiger partial charge in [0.1, 0.15) is 12.3 Å². The van der Waals surface area contributed by atoms with Crippen LogP contribution in [0.4, 0.5) is 5.13 Å². The van der Waals surface area contributed by atoms with Gasteiger partial charge in [-0.25, -0.2) is 4.98 Å². The molecule has 1 aromatic carbocycles. The zero-order valence-corrected chi connectivity index (χ0v) is 19.3. The van der Waals surface area contributed by atoms with Crippen LogP contribution in [0.25, 0.3) is 11.4 Å². The van der Waals surface area contributed by atoms with Crippen LogP contribution in [0.5, 0.6) is 5.75 Å². The largest absolute Gasteiger partial charge is 0.497 e. The molecule has 31 heavy (non-hydrogen) atoms. The van der Waals surface area contributed by atoms with E-state index in [1.807, 2.05) is 29.6 Å². The Kier molecular flexibility index (Phi) is 6.79. The van der Waals surface area contributed by atoms with Crippen molar-refractivity contribution in [2.45, 2.75) is 32.9 Å². The first-order valence-corrected chi connectivity index (χ1v) is 11.6. The number of carbonyl (C=O) groups is 1. The Morgan fingerprint density at radius 3 is 2.94 bits per heavy atom. The highest BCUT2D eigenvalue weighted by atomic mass is 32.1. The Morgan fingerprint density at radius 2 is 2.19 bits per heavy atom. The summed E-state index contributed by atoms with van der Waals surface area (Å²) in [5, 5.41) is 12.6. The minimum atomic E-state index is -0.195. The first-order chi connectivity index (χ1) is 15.0. The second kappa shape index (κ2) is 9.71. The van der Waals surface area contributed by atoms with Crippen molar-refractivity contribution in [2.24, 2.45) is 5.92 Å². The van der Waals surface area contributed by atoms with Gasteiger partial charge in [-0.15, -0.1) is 11.3 Å². The SMILES string of the molecule is COc1ccc(-c2n[nH]c(=S)n2CC(=O)Nc2nc(CN3CCCC(C)C3)cs2)cc1. The number of amides is 1. The molecule has 2 aromatic heterocycles. The highest BCUT2D eigenvalue weighted by molar-refractivity contribution is 7.71. The molecule has 2 N–H and O–H groups in total. The predicted octanol–water partition coefficient (Wildman–Crippen LogP) is 3.94. The van der Waals surface area contributed by atoms with Crippen LogP contribution in [0.15, 0.2) is 29.6 Å². The molecule has 0 bridgehead atoms. The van der Waals surface area contributed by atoms with Crippen LogP contribution in [0, 0.1) is 10.7 Å². The van der Waals surface area contributed by atoms with E-state index in [-0.39, 0.29) is 12.5 Å². The van der Waals surface area contributed by atoms with Crippen LogP contribution >= 0.6 is 23.6 Å². The minimum Gasteiger partial charge on any atom is -0.497 e. The Labute approximate surface area is 190 Å². The van der Waals surface area contributed by atoms with Crippen LogP contribution in [0.3, 0.4) is 0 Å². The summed E-state index contributed by atoms with van der Waals surface area (Å²) in [5.41, 5.74) is 1.83. The lowest BCUT2D eigenvalue weighted by molar-refractivity contribution is -0.116. The average Bonchev–Trinajstić information content (AvgIpc) is 3.34. The lowest BCUT2D eigenvalue weighted by Crippen LogP contribution is -2.33. The van der Waals surface area contributed by atoms with Crippen molar-refractivity contribution in [1.82, 2.24) is 24.6 Å². The third-order valence-corrected chi connectivity index (χ3v) is 6.45. The Hall–Kier alpha value is -2.56. The summed E-state index contributed by atoms with van der Waals surface area (Å²) in [5.74, 6) is 1.88. The third-order valence-electron chi connectivity index (χ3n) is 5.33. The number of likely N-dealkylation sites (tertiary alicyclic amines) is 1. The number of anilines is 1. The molecule has 0 saturated carbocycles. The molecule has 1 fully saturated rings. The number of methoxy groups -OCH3 is 1. The molecule has 3 aromatic rings. The van der Waals surface area contributed by atoms with Gasteiger partial charge < -0.3 is 10.1 Å². The summed E-state index contributed by atoms with van der Waals surface area (Å²) in [7, 11) is 1.62. The number of ether oxygens (including phenoxy) is 1. The fourth-order valence-electron chi connectivity index (χ4n) is 3.82. The number of nitrogens with one attached hydrogen (secondary N) is 2. The zero-order chi connectivity index (χ0) is 21.8. The molecule has 3 heterocycles. The highest BCUT2D eigenvalue weighted by Crippen LogP contribution is 2.23. The van der Waals surface area contributed by atoms with Crippen LogP contribution in [-0.2, 0) is 17.9 Å². The molecule has 1 unspecified atom stereocenters. The maximum atomic E-state index is 12.7. The van der Waals surface area contributed by atoms with E-state index >= 15 is 0 Å². The summed E-state index contributed by atoms with van der Waals surface area (Å²) in [6.07, 6.45) is 2.53. The quantitative estimate of drug-likeness (QED) is 0.522. The maximum absolute atomic E-state index is 12.7. The van der Waals surface area contributed by atoms with Crippen molar-refractivity contribution < 1.29 is 9.53 Å². The van der Waals surface area contributed by atoms with Crippen LogP contribution in [-0.4, -0.2) is 50.8 Å². The number of nitrogens with zero attached hydrogens (tertiary/aromatic N) is 4. The number of aromatic nitrogens is 4. The zero-order valence-electron chi connectivity index (χ0n) is 17.6. The monoisotopic (exact) mass is 458 g/mol. The standard InChI is InChI=1S/C21H26N6O2S2/c1-14-4-3-9-26(10-14)11-16-13-31-20(22-16)23-18(28)12-27-19(24-25-21(27)30)15-5-7-17(29-2)8-6-15/h5-8,13-14H,3-4,9-12H2,1-2H3,(H,25,30)(H,22,23,28). The van der Waals surface area contributed by atoms with Gasteiger partial charge in [-0.05, 0) is 61.8 Å². The van der Waals surface area contributed by atoms with E-state index in [9.17, 15) is 4.79 Å². The number of hydrogen-bond acceptors (Lipinski definition) is 7. The number of piperidine rings is 1. The van der Waals surface area contributed by atoms with Crippen molar-refractivity contribution >= 4 is 34.6 Å².